The van der Waals surface area contributed by atoms with Crippen LogP contribution >= 0.6 is 11.3 Å². The molecule has 0 unspecified atom stereocenters. The normalized spacial score (nSPS) is 11.6. The molecule has 1 amide bonds. The first kappa shape index (κ1) is 23.3. The number of anilines is 4. The minimum atomic E-state index is -4.81. The molecule has 0 saturated heterocycles. The highest BCUT2D eigenvalue weighted by Gasteiger charge is 2.31. The minimum Gasteiger partial charge on any atom is -0.406 e. The van der Waals surface area contributed by atoms with Crippen LogP contribution in [0.25, 0.3) is 21.0 Å². The number of alkyl halides is 3. The van der Waals surface area contributed by atoms with Crippen molar-refractivity contribution in [2.45, 2.75) is 13.3 Å². The summed E-state index contributed by atoms with van der Waals surface area (Å²) in [7, 11) is 0. The van der Waals surface area contributed by atoms with Crippen molar-refractivity contribution >= 4 is 61.4 Å². The molecule has 0 bridgehead atoms. The molecule has 36 heavy (non-hydrogen) atoms. The second kappa shape index (κ2) is 8.96. The number of hydrogen-bond donors (Lipinski definition) is 3. The molecule has 12 heteroatoms. The Bertz CT molecular complexity index is 1620. The fourth-order valence-corrected chi connectivity index (χ4v) is 4.34. The number of rotatable bonds is 5. The van der Waals surface area contributed by atoms with Crippen molar-refractivity contribution in [2.24, 2.45) is 0 Å². The maximum Gasteiger partial charge on any atom is 0.573 e. The summed E-state index contributed by atoms with van der Waals surface area (Å²) in [6, 6.07) is 14.4. The molecule has 8 nitrogen and oxygen atoms in total. The van der Waals surface area contributed by atoms with E-state index in [4.69, 9.17) is 5.73 Å². The van der Waals surface area contributed by atoms with E-state index in [0.29, 0.717) is 27.1 Å². The number of nitrogens with zero attached hydrogens (tertiary/aromatic N) is 3. The lowest BCUT2D eigenvalue weighted by Crippen LogP contribution is -2.18. The van der Waals surface area contributed by atoms with Gasteiger partial charge in [0.1, 0.15) is 23.2 Å². The van der Waals surface area contributed by atoms with Crippen LogP contribution in [-0.2, 0) is 0 Å². The topological polar surface area (TPSA) is 115 Å². The van der Waals surface area contributed by atoms with Gasteiger partial charge in [-0.1, -0.05) is 29.8 Å². The van der Waals surface area contributed by atoms with Crippen molar-refractivity contribution in [2.75, 3.05) is 16.4 Å². The Morgan fingerprint density at radius 2 is 1.89 bits per heavy atom. The first-order valence-corrected chi connectivity index (χ1v) is 11.4. The second-order valence-electron chi connectivity index (χ2n) is 7.80. The number of nitrogen functional groups attached to an aromatic ring is 1. The molecule has 182 valence electrons. The molecule has 5 aromatic rings. The van der Waals surface area contributed by atoms with Crippen LogP contribution in [0.4, 0.5) is 36.3 Å². The monoisotopic (exact) mass is 510 g/mol. The van der Waals surface area contributed by atoms with Gasteiger partial charge in [-0.15, -0.1) is 24.5 Å². The molecule has 0 saturated carbocycles. The van der Waals surface area contributed by atoms with Gasteiger partial charge in [-0.25, -0.2) is 15.0 Å². The van der Waals surface area contributed by atoms with E-state index in [-0.39, 0.29) is 23.2 Å². The number of halogens is 3. The number of aromatic nitrogens is 3. The number of nitrogens with two attached hydrogens (primary N) is 1. The Morgan fingerprint density at radius 1 is 1.06 bits per heavy atom. The summed E-state index contributed by atoms with van der Waals surface area (Å²) in [5.74, 6) is -0.393. The lowest BCUT2D eigenvalue weighted by molar-refractivity contribution is -0.274. The van der Waals surface area contributed by atoms with E-state index in [1.54, 1.807) is 23.6 Å². The zero-order valence-electron chi connectivity index (χ0n) is 18.6. The smallest absolute Gasteiger partial charge is 0.406 e. The number of thiophene rings is 1. The first-order chi connectivity index (χ1) is 17.1. The Kier molecular flexibility index (Phi) is 5.80. The van der Waals surface area contributed by atoms with Gasteiger partial charge in [0, 0.05) is 17.1 Å². The molecule has 0 aliphatic heterocycles. The van der Waals surface area contributed by atoms with Gasteiger partial charge < -0.3 is 21.1 Å². The van der Waals surface area contributed by atoms with Gasteiger partial charge in [0.2, 0.25) is 5.82 Å². The van der Waals surface area contributed by atoms with Crippen molar-refractivity contribution in [3.63, 3.8) is 0 Å². The Hall–Kier alpha value is -4.45. The zero-order chi connectivity index (χ0) is 25.4. The molecule has 3 aromatic heterocycles. The van der Waals surface area contributed by atoms with Gasteiger partial charge in [0.15, 0.2) is 0 Å². The predicted octanol–water partition coefficient (Wildman–Crippen LogP) is 6.02. The van der Waals surface area contributed by atoms with Crippen molar-refractivity contribution < 1.29 is 22.7 Å². The summed E-state index contributed by atoms with van der Waals surface area (Å²) in [5.41, 5.74) is 7.81. The number of fused-ring (bicyclic) bond motifs is 2. The molecule has 0 aliphatic rings. The van der Waals surface area contributed by atoms with Crippen LogP contribution in [0.2, 0.25) is 0 Å². The quantitative estimate of drug-likeness (QED) is 0.265. The molecular formula is C24H17F3N6O2S. The van der Waals surface area contributed by atoms with Gasteiger partial charge >= 0.3 is 6.36 Å². The molecule has 0 aliphatic carbocycles. The van der Waals surface area contributed by atoms with Crippen LogP contribution in [-0.4, -0.2) is 27.2 Å². The molecule has 0 spiro atoms. The first-order valence-electron chi connectivity index (χ1n) is 10.5. The third-order valence-electron chi connectivity index (χ3n) is 5.09. The van der Waals surface area contributed by atoms with Crippen LogP contribution in [0.15, 0.2) is 60.0 Å². The number of carbonyl (C=O) groups excluding carboxylic acids is 1. The Labute approximate surface area is 206 Å². The van der Waals surface area contributed by atoms with E-state index in [9.17, 15) is 18.0 Å². The summed E-state index contributed by atoms with van der Waals surface area (Å²) in [4.78, 5) is 25.9. The van der Waals surface area contributed by atoms with Crippen LogP contribution in [0.1, 0.15) is 16.2 Å². The van der Waals surface area contributed by atoms with Crippen LogP contribution < -0.4 is 21.1 Å². The maximum absolute atomic E-state index is 13.0. The highest BCUT2D eigenvalue weighted by molar-refractivity contribution is 7.17. The largest absolute Gasteiger partial charge is 0.573 e. The summed E-state index contributed by atoms with van der Waals surface area (Å²) >= 11 is 1.37. The third kappa shape index (κ3) is 4.98. The van der Waals surface area contributed by atoms with E-state index in [2.05, 4.69) is 30.3 Å². The summed E-state index contributed by atoms with van der Waals surface area (Å²) in [6.45, 7) is 1.91. The van der Waals surface area contributed by atoms with E-state index in [1.165, 1.54) is 29.5 Å². The number of pyridine rings is 1. The lowest BCUT2D eigenvalue weighted by Gasteiger charge is -2.14. The standard InChI is InChI=1S/C24H17F3N6O2S/c1-12-5-6-16-13(9-12)10-18(29-14-3-2-4-15(11-14)35-24(25,26)27)31-21(16)33-23(34)22-30-17-7-8-36-19(17)20(28)32-22/h2-11H,1H3,(H2,28,30,32)(H2,29,31,33,34). The zero-order valence-corrected chi connectivity index (χ0v) is 19.4. The van der Waals surface area contributed by atoms with Gasteiger partial charge in [-0.3, -0.25) is 4.79 Å². The molecule has 2 aromatic carbocycles. The van der Waals surface area contributed by atoms with E-state index >= 15 is 0 Å². The molecule has 0 atom stereocenters. The van der Waals surface area contributed by atoms with Crippen LogP contribution in [0.5, 0.6) is 5.75 Å². The number of hydrogen-bond acceptors (Lipinski definition) is 8. The van der Waals surface area contributed by atoms with Crippen molar-refractivity contribution in [1.82, 2.24) is 15.0 Å². The van der Waals surface area contributed by atoms with Crippen molar-refractivity contribution in [1.29, 1.82) is 0 Å². The van der Waals surface area contributed by atoms with E-state index < -0.39 is 12.3 Å². The molecule has 3 heterocycles. The van der Waals surface area contributed by atoms with Crippen LogP contribution in [0, 0.1) is 6.92 Å². The van der Waals surface area contributed by atoms with Gasteiger partial charge in [0.05, 0.1) is 10.2 Å². The number of ether oxygens (including phenoxy) is 1. The highest BCUT2D eigenvalue weighted by Crippen LogP contribution is 2.30. The third-order valence-corrected chi connectivity index (χ3v) is 6.02. The fraction of sp³-hybridized carbons (Fsp3) is 0.0833. The Balaban J connectivity index is 1.49. The molecule has 0 fully saturated rings. The minimum absolute atomic E-state index is 0.115. The van der Waals surface area contributed by atoms with Gasteiger partial charge in [-0.05, 0) is 42.0 Å². The highest BCUT2D eigenvalue weighted by atomic mass is 32.1. The van der Waals surface area contributed by atoms with Gasteiger partial charge in [-0.2, -0.15) is 0 Å². The van der Waals surface area contributed by atoms with Crippen molar-refractivity contribution in [3.05, 3.63) is 71.4 Å². The van der Waals surface area contributed by atoms with Gasteiger partial charge in [0.25, 0.3) is 5.91 Å². The summed E-state index contributed by atoms with van der Waals surface area (Å²) in [6.07, 6.45) is -4.81. The predicted molar refractivity (Wildman–Crippen MR) is 133 cm³/mol. The SMILES string of the molecule is Cc1ccc2c(NC(=O)c3nc(N)c4sccc4n3)nc(Nc3cccc(OC(F)(F)F)c3)cc2c1. The number of benzene rings is 2. The molecule has 5 rings (SSSR count). The molecular weight excluding hydrogens is 493 g/mol. The number of aryl methyl sites for hydroxylation is 1. The second-order valence-corrected chi connectivity index (χ2v) is 8.72. The molecule has 0 radical (unpaired) electrons. The maximum atomic E-state index is 13.0. The summed E-state index contributed by atoms with van der Waals surface area (Å²) < 4.78 is 42.5. The fourth-order valence-electron chi connectivity index (χ4n) is 3.61. The lowest BCUT2D eigenvalue weighted by atomic mass is 10.1. The molecule has 4 N–H and O–H groups in total. The number of nitrogens with one attached hydrogen (secondary N) is 2. The van der Waals surface area contributed by atoms with E-state index in [0.717, 1.165) is 10.9 Å². The van der Waals surface area contributed by atoms with Crippen LogP contribution in [0.3, 0.4) is 0 Å². The van der Waals surface area contributed by atoms with Crippen molar-refractivity contribution in [3.8, 4) is 5.75 Å². The Morgan fingerprint density at radius 3 is 2.69 bits per heavy atom. The van der Waals surface area contributed by atoms with E-state index in [1.807, 2.05) is 25.1 Å². The average molecular weight is 511 g/mol. The summed E-state index contributed by atoms with van der Waals surface area (Å²) in [5, 5.41) is 8.90. The average Bonchev–Trinajstić information content (AvgIpc) is 3.27. The number of carbonyl (C=O) groups is 1. The number of amides is 1.